The highest BCUT2D eigenvalue weighted by molar-refractivity contribution is 8.02. The molecule has 0 bridgehead atoms. The fraction of sp³-hybridized carbons (Fsp3) is 0.500. The predicted molar refractivity (Wildman–Crippen MR) is 122 cm³/mol. The van der Waals surface area contributed by atoms with Crippen molar-refractivity contribution in [2.24, 2.45) is 4.99 Å². The minimum absolute atomic E-state index is 0.726. The molecule has 1 aromatic carbocycles. The van der Waals surface area contributed by atoms with E-state index in [1.54, 1.807) is 11.8 Å². The van der Waals surface area contributed by atoms with Crippen molar-refractivity contribution in [3.63, 3.8) is 0 Å². The van der Waals surface area contributed by atoms with Gasteiger partial charge in [0.25, 0.3) is 0 Å². The largest absolute Gasteiger partial charge is 0.301 e. The number of aliphatic imine (C=N–C) groups is 1. The van der Waals surface area contributed by atoms with Gasteiger partial charge < -0.3 is 4.90 Å². The number of rotatable bonds is 8. The van der Waals surface area contributed by atoms with E-state index < -0.39 is 0 Å². The highest BCUT2D eigenvalue weighted by Gasteiger charge is 2.18. The molecule has 0 saturated carbocycles. The molecule has 0 amide bonds. The molecule has 1 aromatic rings. The summed E-state index contributed by atoms with van der Waals surface area (Å²) in [6, 6.07) is 5.95. The molecule has 0 aromatic heterocycles. The van der Waals surface area contributed by atoms with Gasteiger partial charge in [-0.25, -0.2) is 0 Å². The summed E-state index contributed by atoms with van der Waals surface area (Å²) in [6.45, 7) is 15.1. The van der Waals surface area contributed by atoms with Gasteiger partial charge in [-0.3, -0.25) is 9.89 Å². The second-order valence-corrected chi connectivity index (χ2v) is 8.23. The molecule has 148 valence electrons. The lowest BCUT2D eigenvalue weighted by molar-refractivity contribution is 0.146. The fourth-order valence-electron chi connectivity index (χ4n) is 3.08. The summed E-state index contributed by atoms with van der Waals surface area (Å²) >= 11 is 7.94. The lowest BCUT2D eigenvalue weighted by atomic mass is 10.1. The van der Waals surface area contributed by atoms with Crippen LogP contribution in [0.25, 0.3) is 0 Å². The zero-order chi connectivity index (χ0) is 19.6. The van der Waals surface area contributed by atoms with Crippen LogP contribution < -0.4 is 0 Å². The summed E-state index contributed by atoms with van der Waals surface area (Å²) in [6.07, 6.45) is 5.42. The minimum atomic E-state index is 0.726. The Hall–Kier alpha value is -1.07. The third kappa shape index (κ3) is 7.11. The fourth-order valence-corrected chi connectivity index (χ4v) is 3.90. The summed E-state index contributed by atoms with van der Waals surface area (Å²) in [5.41, 5.74) is 3.31. The van der Waals surface area contributed by atoms with Crippen LogP contribution in [0.3, 0.4) is 0 Å². The number of piperazine rings is 1. The van der Waals surface area contributed by atoms with Gasteiger partial charge in [0.15, 0.2) is 0 Å². The number of nitrogens with zero attached hydrogens (tertiary/aromatic N) is 3. The van der Waals surface area contributed by atoms with Crippen LogP contribution in [0.5, 0.6) is 0 Å². The van der Waals surface area contributed by atoms with Crippen molar-refractivity contribution in [3.8, 4) is 0 Å². The van der Waals surface area contributed by atoms with Crippen LogP contribution in [0.15, 0.2) is 51.2 Å². The molecule has 27 heavy (non-hydrogen) atoms. The monoisotopic (exact) mass is 405 g/mol. The lowest BCUT2D eigenvalue weighted by Crippen LogP contribution is -2.48. The second-order valence-electron chi connectivity index (χ2n) is 6.85. The maximum absolute atomic E-state index is 6.26. The number of hydrogen-bond acceptors (Lipinski definition) is 4. The maximum Gasteiger partial charge on any atom is 0.0787 e. The van der Waals surface area contributed by atoms with Crippen LogP contribution in [0.1, 0.15) is 34.1 Å². The summed E-state index contributed by atoms with van der Waals surface area (Å²) in [5, 5.41) is 2.81. The molecule has 3 nitrogen and oxygen atoms in total. The van der Waals surface area contributed by atoms with Crippen molar-refractivity contribution in [1.82, 2.24) is 9.80 Å². The average molecular weight is 406 g/mol. The third-order valence-electron chi connectivity index (χ3n) is 4.77. The van der Waals surface area contributed by atoms with Gasteiger partial charge in [0.1, 0.15) is 0 Å². The zero-order valence-corrected chi connectivity index (χ0v) is 18.6. The highest BCUT2D eigenvalue weighted by Crippen LogP contribution is 2.33. The van der Waals surface area contributed by atoms with Crippen LogP contribution in [-0.2, 0) is 0 Å². The molecule has 0 aliphatic carbocycles. The van der Waals surface area contributed by atoms with Gasteiger partial charge in [-0.05, 0) is 62.9 Å². The van der Waals surface area contributed by atoms with Gasteiger partial charge in [0, 0.05) is 42.6 Å². The summed E-state index contributed by atoms with van der Waals surface area (Å²) in [5.74, 6) is 0. The molecule has 1 aliphatic rings. The van der Waals surface area contributed by atoms with Crippen LogP contribution in [-0.4, -0.2) is 54.8 Å². The molecular formula is C22H32ClN3S. The molecule has 1 aliphatic heterocycles. The number of hydrogen-bond donors (Lipinski definition) is 0. The van der Waals surface area contributed by atoms with E-state index in [2.05, 4.69) is 48.1 Å². The molecule has 5 heteroatoms. The zero-order valence-electron chi connectivity index (χ0n) is 17.0. The first-order chi connectivity index (χ1) is 13.1. The molecule has 0 atom stereocenters. The Morgan fingerprint density at radius 1 is 1.19 bits per heavy atom. The topological polar surface area (TPSA) is 18.8 Å². The number of halogens is 1. The van der Waals surface area contributed by atoms with Crippen molar-refractivity contribution in [1.29, 1.82) is 0 Å². The van der Waals surface area contributed by atoms with E-state index in [0.717, 1.165) is 54.0 Å². The van der Waals surface area contributed by atoms with Crippen LogP contribution in [0, 0.1) is 0 Å². The van der Waals surface area contributed by atoms with Crippen molar-refractivity contribution < 1.29 is 0 Å². The lowest BCUT2D eigenvalue weighted by Gasteiger charge is -2.34. The average Bonchev–Trinajstić information content (AvgIpc) is 2.68. The highest BCUT2D eigenvalue weighted by atomic mass is 35.5. The van der Waals surface area contributed by atoms with E-state index >= 15 is 0 Å². The normalized spacial score (nSPS) is 17.8. The van der Waals surface area contributed by atoms with E-state index in [0.29, 0.717) is 0 Å². The first-order valence-corrected chi connectivity index (χ1v) is 11.1. The quantitative estimate of drug-likeness (QED) is 0.388. The third-order valence-corrected chi connectivity index (χ3v) is 6.02. The van der Waals surface area contributed by atoms with Crippen LogP contribution in [0.4, 0.5) is 5.69 Å². The number of benzene rings is 1. The molecule has 0 unspecified atom stereocenters. The molecule has 0 radical (unpaired) electrons. The van der Waals surface area contributed by atoms with Gasteiger partial charge in [0.2, 0.25) is 0 Å². The van der Waals surface area contributed by atoms with Crippen molar-refractivity contribution in [2.75, 3.05) is 39.3 Å². The Morgan fingerprint density at radius 2 is 1.89 bits per heavy atom. The molecule has 1 heterocycles. The van der Waals surface area contributed by atoms with Crippen molar-refractivity contribution in [3.05, 3.63) is 46.4 Å². The minimum Gasteiger partial charge on any atom is -0.301 e. The Labute approximate surface area is 174 Å². The van der Waals surface area contributed by atoms with E-state index in [1.807, 2.05) is 25.1 Å². The Balaban J connectivity index is 2.20. The molecule has 0 spiro atoms. The van der Waals surface area contributed by atoms with Gasteiger partial charge in [0.05, 0.1) is 11.4 Å². The smallest absolute Gasteiger partial charge is 0.0787 e. The SMILES string of the molecule is C/C=C/Sc1ccc(Cl)cc1N=C(CN1CCN(CCC)CC1)/C(C)=C/C. The van der Waals surface area contributed by atoms with E-state index in [9.17, 15) is 0 Å². The molecule has 2 rings (SSSR count). The number of thioether (sulfide) groups is 1. The Bertz CT molecular complexity index is 689. The summed E-state index contributed by atoms with van der Waals surface area (Å²) < 4.78 is 0. The Morgan fingerprint density at radius 3 is 2.52 bits per heavy atom. The maximum atomic E-state index is 6.26. The Kier molecular flexibility index (Phi) is 9.63. The van der Waals surface area contributed by atoms with E-state index in [-0.39, 0.29) is 0 Å². The predicted octanol–water partition coefficient (Wildman–Crippen LogP) is 6.03. The first kappa shape index (κ1) is 22.2. The summed E-state index contributed by atoms with van der Waals surface area (Å²) in [7, 11) is 0. The molecule has 1 fully saturated rings. The van der Waals surface area contributed by atoms with Crippen molar-refractivity contribution in [2.45, 2.75) is 39.0 Å². The van der Waals surface area contributed by atoms with Crippen LogP contribution in [0.2, 0.25) is 5.02 Å². The molecule has 0 N–H and O–H groups in total. The van der Waals surface area contributed by atoms with Crippen molar-refractivity contribution >= 4 is 34.8 Å². The van der Waals surface area contributed by atoms with E-state index in [1.165, 1.54) is 18.5 Å². The van der Waals surface area contributed by atoms with Crippen LogP contribution >= 0.6 is 23.4 Å². The second kappa shape index (κ2) is 11.7. The first-order valence-electron chi connectivity index (χ1n) is 9.80. The molecule has 1 saturated heterocycles. The van der Waals surface area contributed by atoms with Gasteiger partial charge in [-0.2, -0.15) is 0 Å². The standard InChI is InChI=1S/C22H32ClN3S/c1-5-10-25-11-13-26(14-12-25)17-21(18(4)7-3)24-20-16-19(23)8-9-22(20)27-15-6-2/h6-9,15-16H,5,10-14,17H2,1-4H3/b15-6+,18-7+,24-21?. The van der Waals surface area contributed by atoms with E-state index in [4.69, 9.17) is 16.6 Å². The molecular weight excluding hydrogens is 374 g/mol. The van der Waals surface area contributed by atoms with Gasteiger partial charge >= 0.3 is 0 Å². The number of allylic oxidation sites excluding steroid dienone is 2. The van der Waals surface area contributed by atoms with Gasteiger partial charge in [-0.1, -0.05) is 42.4 Å². The summed E-state index contributed by atoms with van der Waals surface area (Å²) in [4.78, 5) is 11.2. The van der Waals surface area contributed by atoms with Gasteiger partial charge in [-0.15, -0.1) is 0 Å².